The molecule has 1 fully saturated rings. The molecule has 1 aliphatic rings. The molecule has 0 bridgehead atoms. The van der Waals surface area contributed by atoms with Crippen molar-refractivity contribution in [2.24, 2.45) is 7.05 Å². The Balaban J connectivity index is 2.01. The van der Waals surface area contributed by atoms with Gasteiger partial charge in [0.05, 0.1) is 6.54 Å². The maximum absolute atomic E-state index is 13.0. The molecule has 6 nitrogen and oxygen atoms in total. The summed E-state index contributed by atoms with van der Waals surface area (Å²) < 4.78 is 3.37. The number of fused-ring (bicyclic) bond motifs is 1. The zero-order valence-corrected chi connectivity index (χ0v) is 15.8. The van der Waals surface area contributed by atoms with Crippen molar-refractivity contribution in [3.63, 3.8) is 0 Å². The lowest BCUT2D eigenvalue weighted by molar-refractivity contribution is 0.561. The van der Waals surface area contributed by atoms with Gasteiger partial charge in [0.15, 0.2) is 0 Å². The number of benzene rings is 1. The van der Waals surface area contributed by atoms with Crippen molar-refractivity contribution in [1.29, 1.82) is 0 Å². The van der Waals surface area contributed by atoms with E-state index in [1.54, 1.807) is 7.05 Å². The van der Waals surface area contributed by atoms with Crippen molar-refractivity contribution >= 4 is 17.0 Å². The van der Waals surface area contributed by atoms with Gasteiger partial charge >= 0.3 is 0 Å². The molecular weight excluding hydrogens is 338 g/mol. The van der Waals surface area contributed by atoms with Gasteiger partial charge in [-0.25, -0.2) is 9.67 Å². The van der Waals surface area contributed by atoms with E-state index in [4.69, 9.17) is 4.98 Å². The van der Waals surface area contributed by atoms with E-state index in [9.17, 15) is 4.79 Å². The smallest absolute Gasteiger partial charge is 0.292 e. The number of imidazole rings is 1. The molecule has 0 amide bonds. The second-order valence-electron chi connectivity index (χ2n) is 6.81. The lowest BCUT2D eigenvalue weighted by Gasteiger charge is -2.27. The van der Waals surface area contributed by atoms with Crippen molar-refractivity contribution < 1.29 is 0 Å². The highest BCUT2D eigenvalue weighted by Crippen LogP contribution is 2.29. The zero-order valence-electron chi connectivity index (χ0n) is 15.8. The van der Waals surface area contributed by atoms with Crippen LogP contribution in [0.4, 0.5) is 5.95 Å². The summed E-state index contributed by atoms with van der Waals surface area (Å²) >= 11 is 0. The van der Waals surface area contributed by atoms with Crippen LogP contribution in [-0.4, -0.2) is 32.4 Å². The summed E-state index contributed by atoms with van der Waals surface area (Å²) in [6, 6.07) is 9.91. The van der Waals surface area contributed by atoms with Crippen LogP contribution >= 0.6 is 0 Å². The summed E-state index contributed by atoms with van der Waals surface area (Å²) in [6.07, 6.45) is 3.53. The van der Waals surface area contributed by atoms with Crippen LogP contribution in [0.25, 0.3) is 22.3 Å². The van der Waals surface area contributed by atoms with Crippen LogP contribution in [0.15, 0.2) is 35.1 Å². The van der Waals surface area contributed by atoms with Gasteiger partial charge in [0.2, 0.25) is 5.95 Å². The summed E-state index contributed by atoms with van der Waals surface area (Å²) in [5.41, 5.74) is 2.78. The number of hydrogen-bond acceptors (Lipinski definition) is 4. The van der Waals surface area contributed by atoms with Crippen molar-refractivity contribution in [3.8, 4) is 23.1 Å². The van der Waals surface area contributed by atoms with Crippen LogP contribution < -0.4 is 10.5 Å². The molecule has 0 N–H and O–H groups in total. The molecule has 0 radical (unpaired) electrons. The highest BCUT2D eigenvalue weighted by molar-refractivity contribution is 5.90. The van der Waals surface area contributed by atoms with E-state index in [1.165, 1.54) is 11.1 Å². The molecule has 0 aliphatic carbocycles. The van der Waals surface area contributed by atoms with Gasteiger partial charge in [-0.2, -0.15) is 5.10 Å². The SMILES string of the molecule is CC#CCn1c(N2CCCCC2)nc2c(-c3ccccc3)nn(C)c(=O)c21. The van der Waals surface area contributed by atoms with Crippen LogP contribution in [0.5, 0.6) is 0 Å². The van der Waals surface area contributed by atoms with Gasteiger partial charge in [0.1, 0.15) is 16.7 Å². The molecule has 3 heterocycles. The van der Waals surface area contributed by atoms with Crippen molar-refractivity contribution in [2.75, 3.05) is 18.0 Å². The molecular formula is C21H23N5O. The molecule has 4 rings (SSSR count). The van der Waals surface area contributed by atoms with Gasteiger partial charge in [0.25, 0.3) is 5.56 Å². The Bertz CT molecular complexity index is 1080. The fraction of sp³-hybridized carbons (Fsp3) is 0.381. The number of anilines is 1. The summed E-state index contributed by atoms with van der Waals surface area (Å²) in [4.78, 5) is 20.2. The van der Waals surface area contributed by atoms with Crippen molar-refractivity contribution in [1.82, 2.24) is 19.3 Å². The van der Waals surface area contributed by atoms with Gasteiger partial charge in [-0.05, 0) is 26.2 Å². The molecule has 138 valence electrons. The predicted octanol–water partition coefficient (Wildman–Crippen LogP) is 2.81. The first-order valence-corrected chi connectivity index (χ1v) is 9.38. The lowest BCUT2D eigenvalue weighted by Crippen LogP contribution is -2.32. The van der Waals surface area contributed by atoms with Crippen molar-refractivity contribution in [2.45, 2.75) is 32.7 Å². The van der Waals surface area contributed by atoms with Crippen LogP contribution in [0.1, 0.15) is 26.2 Å². The number of hydrogen-bond donors (Lipinski definition) is 0. The fourth-order valence-corrected chi connectivity index (χ4v) is 3.65. The number of nitrogens with zero attached hydrogens (tertiary/aromatic N) is 5. The van der Waals surface area contributed by atoms with E-state index in [1.807, 2.05) is 41.8 Å². The third kappa shape index (κ3) is 3.10. The first-order valence-electron chi connectivity index (χ1n) is 9.38. The van der Waals surface area contributed by atoms with Crippen LogP contribution in [0, 0.1) is 11.8 Å². The van der Waals surface area contributed by atoms with E-state index in [-0.39, 0.29) is 5.56 Å². The Labute approximate surface area is 158 Å². The second kappa shape index (κ2) is 7.28. The highest BCUT2D eigenvalue weighted by atomic mass is 16.1. The average Bonchev–Trinajstić information content (AvgIpc) is 3.10. The molecule has 0 saturated carbocycles. The van der Waals surface area contributed by atoms with Gasteiger partial charge in [0, 0.05) is 25.7 Å². The van der Waals surface area contributed by atoms with E-state index >= 15 is 0 Å². The van der Waals surface area contributed by atoms with Crippen LogP contribution in [0.2, 0.25) is 0 Å². The minimum atomic E-state index is -0.140. The minimum Gasteiger partial charge on any atom is -0.342 e. The Morgan fingerprint density at radius 3 is 2.56 bits per heavy atom. The van der Waals surface area contributed by atoms with E-state index in [2.05, 4.69) is 21.8 Å². The first kappa shape index (κ1) is 17.3. The summed E-state index contributed by atoms with van der Waals surface area (Å²) in [5, 5.41) is 4.52. The number of rotatable bonds is 3. The van der Waals surface area contributed by atoms with Crippen molar-refractivity contribution in [3.05, 3.63) is 40.7 Å². The molecule has 3 aromatic rings. The summed E-state index contributed by atoms with van der Waals surface area (Å²) in [5.74, 6) is 6.87. The molecule has 0 unspecified atom stereocenters. The van der Waals surface area contributed by atoms with E-state index in [0.29, 0.717) is 17.6 Å². The zero-order chi connectivity index (χ0) is 18.8. The standard InChI is InChI=1S/C21H23N5O/c1-3-4-15-26-19-18(22-21(26)25-13-9-6-10-14-25)17(23-24(2)20(19)27)16-11-7-5-8-12-16/h5,7-8,11-12H,6,9-10,13-15H2,1-2H3. The maximum atomic E-state index is 13.0. The number of aryl methyl sites for hydroxylation is 1. The molecule has 1 aliphatic heterocycles. The molecule has 2 aromatic heterocycles. The number of piperidine rings is 1. The Morgan fingerprint density at radius 1 is 1.11 bits per heavy atom. The first-order chi connectivity index (χ1) is 13.2. The quantitative estimate of drug-likeness (QED) is 0.673. The van der Waals surface area contributed by atoms with Gasteiger partial charge in [-0.3, -0.25) is 9.36 Å². The van der Waals surface area contributed by atoms with Crippen LogP contribution in [-0.2, 0) is 13.6 Å². The molecule has 27 heavy (non-hydrogen) atoms. The normalized spacial score (nSPS) is 14.2. The van der Waals surface area contributed by atoms with Gasteiger partial charge < -0.3 is 4.90 Å². The van der Waals surface area contributed by atoms with Gasteiger partial charge in [-0.1, -0.05) is 36.3 Å². The van der Waals surface area contributed by atoms with E-state index < -0.39 is 0 Å². The fourth-order valence-electron chi connectivity index (χ4n) is 3.65. The lowest BCUT2D eigenvalue weighted by atomic mass is 10.1. The Kier molecular flexibility index (Phi) is 4.68. The molecule has 6 heteroatoms. The predicted molar refractivity (Wildman–Crippen MR) is 108 cm³/mol. The van der Waals surface area contributed by atoms with E-state index in [0.717, 1.165) is 43.1 Å². The molecule has 0 atom stereocenters. The Hall–Kier alpha value is -3.07. The highest BCUT2D eigenvalue weighted by Gasteiger charge is 2.24. The Morgan fingerprint density at radius 2 is 1.85 bits per heavy atom. The average molecular weight is 361 g/mol. The van der Waals surface area contributed by atoms with Gasteiger partial charge in [-0.15, -0.1) is 5.92 Å². The summed E-state index contributed by atoms with van der Waals surface area (Å²) in [7, 11) is 1.69. The third-order valence-corrected chi connectivity index (χ3v) is 5.02. The molecule has 1 saturated heterocycles. The minimum absolute atomic E-state index is 0.140. The number of aromatic nitrogens is 4. The maximum Gasteiger partial charge on any atom is 0.292 e. The van der Waals surface area contributed by atoms with Crippen LogP contribution in [0.3, 0.4) is 0 Å². The molecule has 0 spiro atoms. The largest absolute Gasteiger partial charge is 0.342 e. The topological polar surface area (TPSA) is 56.0 Å². The third-order valence-electron chi connectivity index (χ3n) is 5.02. The second-order valence-corrected chi connectivity index (χ2v) is 6.81. The summed E-state index contributed by atoms with van der Waals surface area (Å²) in [6.45, 7) is 4.18. The monoisotopic (exact) mass is 361 g/mol. The molecule has 1 aromatic carbocycles.